The molecular weight excluding hydrogens is 312 g/mol. The number of methoxy groups -OCH3 is 1. The number of carbonyl (C=O) groups is 1. The molecule has 0 spiro atoms. The number of nitrogens with one attached hydrogen (secondary N) is 1. The minimum Gasteiger partial charge on any atom is -0.383 e. The summed E-state index contributed by atoms with van der Waals surface area (Å²) in [6.45, 7) is 0.853. The largest absolute Gasteiger partial charge is 0.383 e. The highest BCUT2D eigenvalue weighted by atomic mass is 32.1. The van der Waals surface area contributed by atoms with Crippen molar-refractivity contribution in [2.75, 3.05) is 20.3 Å². The molecule has 7 heteroatoms. The summed E-state index contributed by atoms with van der Waals surface area (Å²) in [6.07, 6.45) is 1.87. The van der Waals surface area contributed by atoms with Crippen molar-refractivity contribution in [2.24, 2.45) is 0 Å². The van der Waals surface area contributed by atoms with Crippen LogP contribution in [0.3, 0.4) is 0 Å². The highest BCUT2D eigenvalue weighted by Gasteiger charge is 2.21. The van der Waals surface area contributed by atoms with Gasteiger partial charge in [0, 0.05) is 30.8 Å². The van der Waals surface area contributed by atoms with Gasteiger partial charge in [-0.05, 0) is 12.1 Å². The van der Waals surface area contributed by atoms with Gasteiger partial charge in [-0.1, -0.05) is 12.1 Å². The summed E-state index contributed by atoms with van der Waals surface area (Å²) in [5.74, 6) is -0.254. The normalized spacial score (nSPS) is 10.6. The molecule has 0 atom stereocenters. The van der Waals surface area contributed by atoms with E-state index in [1.165, 1.54) is 11.3 Å². The lowest BCUT2D eigenvalue weighted by molar-refractivity contribution is 0.0933. The molecule has 116 valence electrons. The molecule has 0 aliphatic heterocycles. The number of benzene rings is 1. The number of amides is 1. The molecular formula is C16H14N4O2S. The van der Waals surface area contributed by atoms with Crippen LogP contribution in [-0.4, -0.2) is 35.6 Å². The van der Waals surface area contributed by atoms with Gasteiger partial charge in [-0.3, -0.25) is 9.20 Å². The Morgan fingerprint density at radius 3 is 3.17 bits per heavy atom. The lowest BCUT2D eigenvalue weighted by Gasteiger charge is -2.06. The molecule has 0 fully saturated rings. The number of imidazole rings is 1. The van der Waals surface area contributed by atoms with Gasteiger partial charge in [0.25, 0.3) is 5.91 Å². The van der Waals surface area contributed by atoms with Crippen LogP contribution < -0.4 is 5.32 Å². The topological polar surface area (TPSA) is 79.4 Å². The second-order valence-electron chi connectivity index (χ2n) is 4.81. The zero-order valence-electron chi connectivity index (χ0n) is 12.4. The van der Waals surface area contributed by atoms with Gasteiger partial charge in [-0.15, -0.1) is 11.3 Å². The van der Waals surface area contributed by atoms with Gasteiger partial charge in [0.1, 0.15) is 0 Å². The summed E-state index contributed by atoms with van der Waals surface area (Å²) in [4.78, 5) is 17.6. The molecule has 0 aliphatic carbocycles. The molecule has 1 aromatic carbocycles. The average Bonchev–Trinajstić information content (AvgIpc) is 3.15. The average molecular weight is 326 g/mol. The Labute approximate surface area is 137 Å². The van der Waals surface area contributed by atoms with E-state index in [0.717, 1.165) is 10.5 Å². The van der Waals surface area contributed by atoms with Gasteiger partial charge in [-0.25, -0.2) is 4.98 Å². The highest BCUT2D eigenvalue weighted by Crippen LogP contribution is 2.28. The highest BCUT2D eigenvalue weighted by molar-refractivity contribution is 7.15. The molecule has 1 N–H and O–H groups in total. The Balaban J connectivity index is 2.07. The summed E-state index contributed by atoms with van der Waals surface area (Å²) in [7, 11) is 1.58. The van der Waals surface area contributed by atoms with E-state index in [1.54, 1.807) is 25.3 Å². The van der Waals surface area contributed by atoms with Crippen molar-refractivity contribution < 1.29 is 9.53 Å². The Morgan fingerprint density at radius 2 is 2.39 bits per heavy atom. The summed E-state index contributed by atoms with van der Waals surface area (Å²) in [5, 5.41) is 13.8. The van der Waals surface area contributed by atoms with E-state index < -0.39 is 0 Å². The molecule has 0 bridgehead atoms. The standard InChI is InChI=1S/C16H14N4O2S/c1-22-7-5-18-15(21)13-14(20-6-8-23-16(20)19-13)12-4-2-3-11(9-12)10-17/h2-4,6,8-9H,5,7H2,1H3,(H,18,21). The molecule has 0 saturated carbocycles. The van der Waals surface area contributed by atoms with Gasteiger partial charge < -0.3 is 10.1 Å². The molecule has 6 nitrogen and oxygen atoms in total. The van der Waals surface area contributed by atoms with Crippen LogP contribution in [0.2, 0.25) is 0 Å². The SMILES string of the molecule is COCCNC(=O)c1nc2sccn2c1-c1cccc(C#N)c1. The molecule has 0 saturated heterocycles. The number of aromatic nitrogens is 2. The first-order valence-corrected chi connectivity index (χ1v) is 7.86. The monoisotopic (exact) mass is 326 g/mol. The summed E-state index contributed by atoms with van der Waals surface area (Å²) < 4.78 is 6.81. The number of fused-ring (bicyclic) bond motifs is 1. The van der Waals surface area contributed by atoms with Crippen molar-refractivity contribution in [3.63, 3.8) is 0 Å². The molecule has 3 aromatic rings. The van der Waals surface area contributed by atoms with Gasteiger partial charge in [0.15, 0.2) is 10.7 Å². The first kappa shape index (κ1) is 15.2. The fourth-order valence-electron chi connectivity index (χ4n) is 2.31. The van der Waals surface area contributed by atoms with E-state index in [1.807, 2.05) is 22.0 Å². The van der Waals surface area contributed by atoms with Crippen LogP contribution >= 0.6 is 11.3 Å². The van der Waals surface area contributed by atoms with Crippen LogP contribution in [0.25, 0.3) is 16.2 Å². The molecule has 3 rings (SSSR count). The zero-order chi connectivity index (χ0) is 16.2. The first-order valence-electron chi connectivity index (χ1n) is 6.98. The Morgan fingerprint density at radius 1 is 1.52 bits per heavy atom. The molecule has 23 heavy (non-hydrogen) atoms. The number of carbonyl (C=O) groups excluding carboxylic acids is 1. The van der Waals surface area contributed by atoms with E-state index in [-0.39, 0.29) is 5.91 Å². The first-order chi connectivity index (χ1) is 11.2. The fraction of sp³-hybridized carbons (Fsp3) is 0.188. The van der Waals surface area contributed by atoms with E-state index >= 15 is 0 Å². The number of ether oxygens (including phenoxy) is 1. The van der Waals surface area contributed by atoms with E-state index in [2.05, 4.69) is 16.4 Å². The quantitative estimate of drug-likeness (QED) is 0.730. The van der Waals surface area contributed by atoms with Crippen LogP contribution in [0.15, 0.2) is 35.8 Å². The molecule has 0 radical (unpaired) electrons. The predicted octanol–water partition coefficient (Wildman–Crippen LogP) is 2.31. The third-order valence-corrected chi connectivity index (χ3v) is 4.09. The van der Waals surface area contributed by atoms with Gasteiger partial charge in [-0.2, -0.15) is 5.26 Å². The van der Waals surface area contributed by atoms with Crippen molar-refractivity contribution in [1.82, 2.24) is 14.7 Å². The third-order valence-electron chi connectivity index (χ3n) is 3.33. The minimum atomic E-state index is -0.254. The minimum absolute atomic E-state index is 0.254. The number of hydrogen-bond acceptors (Lipinski definition) is 5. The number of thiazole rings is 1. The third kappa shape index (κ3) is 2.95. The summed E-state index contributed by atoms with van der Waals surface area (Å²) in [6, 6.07) is 9.27. The van der Waals surface area contributed by atoms with E-state index in [9.17, 15) is 4.79 Å². The lowest BCUT2D eigenvalue weighted by Crippen LogP contribution is -2.27. The maximum absolute atomic E-state index is 12.4. The number of rotatable bonds is 5. The molecule has 2 aromatic heterocycles. The summed E-state index contributed by atoms with van der Waals surface area (Å²) in [5.41, 5.74) is 2.36. The Kier molecular flexibility index (Phi) is 4.37. The van der Waals surface area contributed by atoms with Crippen LogP contribution in [0, 0.1) is 11.3 Å². The van der Waals surface area contributed by atoms with Crippen molar-refractivity contribution in [3.05, 3.63) is 47.1 Å². The maximum Gasteiger partial charge on any atom is 0.272 e. The fourth-order valence-corrected chi connectivity index (χ4v) is 3.02. The number of nitrogens with zero attached hydrogens (tertiary/aromatic N) is 3. The van der Waals surface area contributed by atoms with E-state index in [0.29, 0.717) is 30.1 Å². The number of nitriles is 1. The van der Waals surface area contributed by atoms with Gasteiger partial charge >= 0.3 is 0 Å². The smallest absolute Gasteiger partial charge is 0.272 e. The second-order valence-corrected chi connectivity index (χ2v) is 5.68. The summed E-state index contributed by atoms with van der Waals surface area (Å²) >= 11 is 1.45. The van der Waals surface area contributed by atoms with E-state index in [4.69, 9.17) is 10.00 Å². The predicted molar refractivity (Wildman–Crippen MR) is 87.4 cm³/mol. The van der Waals surface area contributed by atoms with Crippen LogP contribution in [0.1, 0.15) is 16.1 Å². The van der Waals surface area contributed by atoms with Crippen molar-refractivity contribution in [1.29, 1.82) is 5.26 Å². The molecule has 0 unspecified atom stereocenters. The molecule has 0 aliphatic rings. The molecule has 1 amide bonds. The zero-order valence-corrected chi connectivity index (χ0v) is 13.3. The van der Waals surface area contributed by atoms with Gasteiger partial charge in [0.05, 0.1) is 23.9 Å². The Hall–Kier alpha value is -2.69. The van der Waals surface area contributed by atoms with Crippen molar-refractivity contribution in [3.8, 4) is 17.3 Å². The van der Waals surface area contributed by atoms with Crippen molar-refractivity contribution >= 4 is 22.2 Å². The number of hydrogen-bond donors (Lipinski definition) is 1. The second kappa shape index (κ2) is 6.60. The maximum atomic E-state index is 12.4. The van der Waals surface area contributed by atoms with Crippen LogP contribution in [-0.2, 0) is 4.74 Å². The van der Waals surface area contributed by atoms with Gasteiger partial charge in [0.2, 0.25) is 0 Å². The Bertz CT molecular complexity index is 891. The molecule has 2 heterocycles. The van der Waals surface area contributed by atoms with Crippen molar-refractivity contribution in [2.45, 2.75) is 0 Å². The lowest BCUT2D eigenvalue weighted by atomic mass is 10.1. The van der Waals surface area contributed by atoms with Crippen LogP contribution in [0.4, 0.5) is 0 Å². The van der Waals surface area contributed by atoms with Crippen LogP contribution in [0.5, 0.6) is 0 Å².